The predicted octanol–water partition coefficient (Wildman–Crippen LogP) is 6.04. The first-order chi connectivity index (χ1) is 18.0. The van der Waals surface area contributed by atoms with Crippen LogP contribution in [0.25, 0.3) is 0 Å². The Balaban J connectivity index is 0.000000224. The molecule has 2 N–H and O–H groups in total. The molecule has 0 amide bonds. The summed E-state index contributed by atoms with van der Waals surface area (Å²) in [6.07, 6.45) is 1.75. The van der Waals surface area contributed by atoms with Gasteiger partial charge in [0.2, 0.25) is 5.88 Å². The van der Waals surface area contributed by atoms with Crippen molar-refractivity contribution in [2.45, 2.75) is 0 Å². The van der Waals surface area contributed by atoms with Gasteiger partial charge in [0.25, 0.3) is 0 Å². The van der Waals surface area contributed by atoms with Crippen molar-refractivity contribution >= 4 is 23.5 Å². The number of carbonyl (C=O) groups excluding carboxylic acids is 1. The number of methoxy groups -OCH3 is 1. The van der Waals surface area contributed by atoms with Gasteiger partial charge in [0.05, 0.1) is 25.1 Å². The van der Waals surface area contributed by atoms with Gasteiger partial charge in [-0.15, -0.1) is 0 Å². The third-order valence-corrected chi connectivity index (χ3v) is 4.38. The molecule has 0 fully saturated rings. The highest BCUT2D eigenvalue weighted by atomic mass is 35.5. The first kappa shape index (κ1) is 29.5. The molecule has 0 aliphatic heterocycles. The molecule has 0 aliphatic rings. The number of esters is 1. The smallest absolute Gasteiger partial charge is 0.343 e. The van der Waals surface area contributed by atoms with Gasteiger partial charge in [0.15, 0.2) is 0 Å². The molecule has 2 aromatic heterocycles. The number of nitrogens with zero attached hydrogens (tertiary/aromatic N) is 2. The summed E-state index contributed by atoms with van der Waals surface area (Å²) in [6.45, 7) is 0. The Morgan fingerprint density at radius 1 is 0.816 bits per heavy atom. The fourth-order valence-corrected chi connectivity index (χ4v) is 2.64. The topological polar surface area (TPSA) is 119 Å². The first-order valence-corrected chi connectivity index (χ1v) is 10.5. The van der Waals surface area contributed by atoms with E-state index in [0.717, 1.165) is 43.8 Å². The average molecular weight is 553 g/mol. The number of aromatic hydroxyl groups is 1. The van der Waals surface area contributed by atoms with Gasteiger partial charge in [-0.3, -0.25) is 0 Å². The van der Waals surface area contributed by atoms with Crippen LogP contribution in [-0.2, 0) is 4.74 Å². The zero-order chi connectivity index (χ0) is 28.2. The number of pyridine rings is 2. The minimum absolute atomic E-state index is 0.0370. The van der Waals surface area contributed by atoms with E-state index in [1.165, 1.54) is 36.4 Å². The van der Waals surface area contributed by atoms with Crippen molar-refractivity contribution in [3.63, 3.8) is 0 Å². The van der Waals surface area contributed by atoms with Crippen LogP contribution in [0.3, 0.4) is 0 Å². The Labute approximate surface area is 217 Å². The lowest BCUT2D eigenvalue weighted by Gasteiger charge is -2.08. The molecule has 0 radical (unpaired) electrons. The maximum Gasteiger partial charge on any atom is 0.343 e. The van der Waals surface area contributed by atoms with Crippen molar-refractivity contribution in [2.24, 2.45) is 0 Å². The number of carboxylic acids is 1. The van der Waals surface area contributed by atoms with Crippen LogP contribution in [0, 0.1) is 23.3 Å². The molecule has 0 saturated heterocycles. The van der Waals surface area contributed by atoms with Crippen LogP contribution in [0.5, 0.6) is 17.4 Å². The molecule has 2 aromatic carbocycles. The second-order valence-corrected chi connectivity index (χ2v) is 7.19. The molecule has 4 aromatic rings. The van der Waals surface area contributed by atoms with Crippen molar-refractivity contribution in [1.82, 2.24) is 9.97 Å². The number of halogens is 5. The lowest BCUT2D eigenvalue weighted by atomic mass is 10.2. The summed E-state index contributed by atoms with van der Waals surface area (Å²) in [5, 5.41) is 16.8. The summed E-state index contributed by atoms with van der Waals surface area (Å²) in [5.74, 6) is -4.46. The number of aromatic nitrogens is 2. The SMILES string of the molecule is COC(=O)c1cc(F)cnc1Oc1cccc(F)c1.O=C(O)c1cc(F)cnc1Cl.Oc1cccc(F)c1. The predicted molar refractivity (Wildman–Crippen MR) is 126 cm³/mol. The first-order valence-electron chi connectivity index (χ1n) is 10.2. The number of benzene rings is 2. The van der Waals surface area contributed by atoms with Gasteiger partial charge in [-0.1, -0.05) is 23.7 Å². The van der Waals surface area contributed by atoms with Crippen LogP contribution in [0.2, 0.25) is 5.15 Å². The largest absolute Gasteiger partial charge is 0.508 e. The van der Waals surface area contributed by atoms with Gasteiger partial charge < -0.3 is 19.7 Å². The molecule has 13 heteroatoms. The van der Waals surface area contributed by atoms with Crippen LogP contribution in [-0.4, -0.2) is 39.2 Å². The van der Waals surface area contributed by atoms with Crippen molar-refractivity contribution in [3.05, 3.63) is 113 Å². The Bertz CT molecular complexity index is 1410. The van der Waals surface area contributed by atoms with Crippen molar-refractivity contribution in [3.8, 4) is 17.4 Å². The molecule has 4 rings (SSSR count). The summed E-state index contributed by atoms with van der Waals surface area (Å²) in [6, 6.07) is 12.2. The number of aromatic carboxylic acids is 1. The van der Waals surface area contributed by atoms with E-state index in [0.29, 0.717) is 0 Å². The van der Waals surface area contributed by atoms with E-state index < -0.39 is 35.2 Å². The molecule has 8 nitrogen and oxygen atoms in total. The second kappa shape index (κ2) is 14.1. The molecule has 0 unspecified atom stereocenters. The summed E-state index contributed by atoms with van der Waals surface area (Å²) < 4.78 is 60.1. The Kier molecular flexibility index (Phi) is 11.0. The van der Waals surface area contributed by atoms with E-state index in [1.807, 2.05) is 0 Å². The maximum atomic E-state index is 13.1. The van der Waals surface area contributed by atoms with E-state index >= 15 is 0 Å². The van der Waals surface area contributed by atoms with Crippen LogP contribution >= 0.6 is 11.6 Å². The summed E-state index contributed by atoms with van der Waals surface area (Å²) >= 11 is 5.33. The number of ether oxygens (including phenoxy) is 2. The minimum atomic E-state index is -1.29. The second-order valence-electron chi connectivity index (χ2n) is 6.83. The molecular formula is C25H17ClF4N2O6. The molecule has 0 bridgehead atoms. The molecule has 0 spiro atoms. The molecule has 0 aliphatic carbocycles. The third-order valence-electron chi connectivity index (χ3n) is 4.08. The number of carbonyl (C=O) groups is 2. The van der Waals surface area contributed by atoms with E-state index in [4.69, 9.17) is 26.6 Å². The lowest BCUT2D eigenvalue weighted by Crippen LogP contribution is -2.06. The van der Waals surface area contributed by atoms with Gasteiger partial charge in [0.1, 0.15) is 45.5 Å². The molecule has 198 valence electrons. The highest BCUT2D eigenvalue weighted by Crippen LogP contribution is 2.24. The highest BCUT2D eigenvalue weighted by molar-refractivity contribution is 6.32. The molecule has 38 heavy (non-hydrogen) atoms. The zero-order valence-corrected chi connectivity index (χ0v) is 20.0. The van der Waals surface area contributed by atoms with Crippen molar-refractivity contribution in [1.29, 1.82) is 0 Å². The Morgan fingerprint density at radius 3 is 1.89 bits per heavy atom. The van der Waals surface area contributed by atoms with Gasteiger partial charge in [0, 0.05) is 12.1 Å². The molecule has 0 atom stereocenters. The minimum Gasteiger partial charge on any atom is -0.508 e. The summed E-state index contributed by atoms with van der Waals surface area (Å²) in [7, 11) is 1.15. The number of hydrogen-bond donors (Lipinski definition) is 2. The molecule has 2 heterocycles. The standard InChI is InChI=1S/C13H9F2NO3.C6H3ClFNO2.C6H5FO/c1-18-13(17)11-6-9(15)7-16-12(11)19-10-4-2-3-8(14)5-10;7-5-4(6(10)11)1-3(8)2-9-5;7-5-2-1-3-6(8)4-5/h2-7H,1H3;1-2H,(H,10,11);1-4,8H. The van der Waals surface area contributed by atoms with E-state index in [-0.39, 0.29) is 33.7 Å². The summed E-state index contributed by atoms with van der Waals surface area (Å²) in [5.41, 5.74) is -0.501. The Morgan fingerprint density at radius 2 is 1.39 bits per heavy atom. The maximum absolute atomic E-state index is 13.1. The molecular weight excluding hydrogens is 536 g/mol. The quantitative estimate of drug-likeness (QED) is 0.179. The average Bonchev–Trinajstić information content (AvgIpc) is 2.86. The van der Waals surface area contributed by atoms with Gasteiger partial charge in [-0.05, 0) is 36.4 Å². The van der Waals surface area contributed by atoms with E-state index in [1.54, 1.807) is 0 Å². The Hall–Kier alpha value is -4.71. The molecule has 0 saturated carbocycles. The summed E-state index contributed by atoms with van der Waals surface area (Å²) in [4.78, 5) is 28.7. The highest BCUT2D eigenvalue weighted by Gasteiger charge is 2.17. The number of carboxylic acid groups (broad SMARTS) is 1. The van der Waals surface area contributed by atoms with Crippen LogP contribution in [0.4, 0.5) is 17.6 Å². The van der Waals surface area contributed by atoms with E-state index in [9.17, 15) is 27.2 Å². The van der Waals surface area contributed by atoms with Crippen LogP contribution in [0.1, 0.15) is 20.7 Å². The normalized spacial score (nSPS) is 9.74. The number of phenolic OH excluding ortho intramolecular Hbond substituents is 1. The fraction of sp³-hybridized carbons (Fsp3) is 0.0400. The lowest BCUT2D eigenvalue weighted by molar-refractivity contribution is 0.0595. The monoisotopic (exact) mass is 552 g/mol. The van der Waals surface area contributed by atoms with Crippen LogP contribution < -0.4 is 4.74 Å². The number of phenols is 1. The zero-order valence-electron chi connectivity index (χ0n) is 19.2. The number of hydrogen-bond acceptors (Lipinski definition) is 7. The van der Waals surface area contributed by atoms with Crippen molar-refractivity contribution < 1.29 is 46.8 Å². The van der Waals surface area contributed by atoms with Crippen molar-refractivity contribution in [2.75, 3.05) is 7.11 Å². The third kappa shape index (κ3) is 9.39. The number of rotatable bonds is 4. The van der Waals surface area contributed by atoms with Gasteiger partial charge >= 0.3 is 11.9 Å². The van der Waals surface area contributed by atoms with Gasteiger partial charge in [-0.25, -0.2) is 37.1 Å². The van der Waals surface area contributed by atoms with E-state index in [2.05, 4.69) is 14.7 Å². The van der Waals surface area contributed by atoms with Gasteiger partial charge in [-0.2, -0.15) is 0 Å². The van der Waals surface area contributed by atoms with Crippen LogP contribution in [0.15, 0.2) is 73.1 Å². The fourth-order valence-electron chi connectivity index (χ4n) is 2.46.